The van der Waals surface area contributed by atoms with Gasteiger partial charge in [0.25, 0.3) is 5.91 Å². The van der Waals surface area contributed by atoms with E-state index in [-0.39, 0.29) is 5.91 Å². The second kappa shape index (κ2) is 4.82. The lowest BCUT2D eigenvalue weighted by Gasteiger charge is -2.07. The van der Waals surface area contributed by atoms with Crippen LogP contribution in [0.25, 0.3) is 10.9 Å². The number of amides is 1. The van der Waals surface area contributed by atoms with E-state index in [0.29, 0.717) is 0 Å². The van der Waals surface area contributed by atoms with E-state index < -0.39 is 0 Å². The summed E-state index contributed by atoms with van der Waals surface area (Å²) in [4.78, 5) is 18.3. The number of pyridine rings is 1. The Labute approximate surface area is 114 Å². The smallest absolute Gasteiger partial charge is 0.265 e. The molecule has 0 aliphatic carbocycles. The molecule has 19 heavy (non-hydrogen) atoms. The summed E-state index contributed by atoms with van der Waals surface area (Å²) in [6.45, 7) is 1.99. The Morgan fingerprint density at radius 2 is 2.05 bits per heavy atom. The Morgan fingerprint density at radius 1 is 1.16 bits per heavy atom. The molecule has 1 N–H and O–H groups in total. The van der Waals surface area contributed by atoms with Gasteiger partial charge in [-0.2, -0.15) is 0 Å². The van der Waals surface area contributed by atoms with E-state index in [1.807, 2.05) is 49.4 Å². The van der Waals surface area contributed by atoms with Crippen LogP contribution in [0.5, 0.6) is 0 Å². The molecular weight excluding hydrogens is 256 g/mol. The van der Waals surface area contributed by atoms with Crippen LogP contribution in [0, 0.1) is 6.92 Å². The van der Waals surface area contributed by atoms with Gasteiger partial charge in [0.2, 0.25) is 0 Å². The van der Waals surface area contributed by atoms with E-state index in [1.165, 1.54) is 11.3 Å². The molecule has 0 fully saturated rings. The van der Waals surface area contributed by atoms with Crippen LogP contribution in [-0.2, 0) is 0 Å². The molecule has 1 amide bonds. The fraction of sp³-hybridized carbons (Fsp3) is 0.0667. The predicted molar refractivity (Wildman–Crippen MR) is 78.8 cm³/mol. The van der Waals surface area contributed by atoms with E-state index in [0.717, 1.165) is 26.3 Å². The molecule has 0 saturated heterocycles. The third kappa shape index (κ3) is 2.35. The van der Waals surface area contributed by atoms with Crippen molar-refractivity contribution in [1.82, 2.24) is 4.98 Å². The topological polar surface area (TPSA) is 42.0 Å². The number of rotatable bonds is 2. The molecule has 3 aromatic rings. The summed E-state index contributed by atoms with van der Waals surface area (Å²) in [6.07, 6.45) is 1.75. The molecule has 2 aromatic heterocycles. The van der Waals surface area contributed by atoms with Crippen molar-refractivity contribution in [3.05, 3.63) is 58.4 Å². The summed E-state index contributed by atoms with van der Waals surface area (Å²) in [5.74, 6) is -0.0746. The number of hydrogen-bond donors (Lipinski definition) is 1. The van der Waals surface area contributed by atoms with Gasteiger partial charge in [-0.25, -0.2) is 0 Å². The van der Waals surface area contributed by atoms with E-state index in [2.05, 4.69) is 10.3 Å². The van der Waals surface area contributed by atoms with E-state index in [1.54, 1.807) is 6.20 Å². The van der Waals surface area contributed by atoms with Crippen LogP contribution in [-0.4, -0.2) is 10.9 Å². The molecule has 94 valence electrons. The summed E-state index contributed by atoms with van der Waals surface area (Å²) < 4.78 is 0. The number of hydrogen-bond acceptors (Lipinski definition) is 3. The predicted octanol–water partition coefficient (Wildman–Crippen LogP) is 3.86. The van der Waals surface area contributed by atoms with Gasteiger partial charge in [0.15, 0.2) is 0 Å². The first-order valence-corrected chi connectivity index (χ1v) is 6.77. The van der Waals surface area contributed by atoms with E-state index in [9.17, 15) is 4.79 Å². The summed E-state index contributed by atoms with van der Waals surface area (Å²) in [6, 6.07) is 13.3. The first-order valence-electron chi connectivity index (χ1n) is 5.95. The first-order chi connectivity index (χ1) is 9.24. The monoisotopic (exact) mass is 268 g/mol. The standard InChI is InChI=1S/C15H12N2OS/c1-10-7-8-14(19-10)15(18)17-13-6-2-5-12-11(13)4-3-9-16-12/h2-9H,1H3,(H,17,18). The number of benzene rings is 1. The molecule has 0 aliphatic heterocycles. The third-order valence-electron chi connectivity index (χ3n) is 2.86. The average Bonchev–Trinajstić information content (AvgIpc) is 2.86. The Bertz CT molecular complexity index is 743. The number of fused-ring (bicyclic) bond motifs is 1. The highest BCUT2D eigenvalue weighted by Gasteiger charge is 2.10. The Hall–Kier alpha value is -2.20. The lowest BCUT2D eigenvalue weighted by Crippen LogP contribution is -2.10. The largest absolute Gasteiger partial charge is 0.321 e. The minimum Gasteiger partial charge on any atom is -0.321 e. The fourth-order valence-corrected chi connectivity index (χ4v) is 2.72. The second-order valence-electron chi connectivity index (χ2n) is 4.24. The van der Waals surface area contributed by atoms with Crippen LogP contribution >= 0.6 is 11.3 Å². The van der Waals surface area contributed by atoms with Crippen LogP contribution in [0.2, 0.25) is 0 Å². The van der Waals surface area contributed by atoms with Crippen molar-refractivity contribution >= 4 is 33.8 Å². The molecule has 0 unspecified atom stereocenters. The van der Waals surface area contributed by atoms with Crippen LogP contribution in [0.3, 0.4) is 0 Å². The summed E-state index contributed by atoms with van der Waals surface area (Å²) in [7, 11) is 0. The quantitative estimate of drug-likeness (QED) is 0.767. The van der Waals surface area contributed by atoms with Gasteiger partial charge < -0.3 is 5.32 Å². The van der Waals surface area contributed by atoms with E-state index >= 15 is 0 Å². The molecule has 3 nitrogen and oxygen atoms in total. The highest BCUT2D eigenvalue weighted by molar-refractivity contribution is 7.14. The second-order valence-corrected chi connectivity index (χ2v) is 5.53. The van der Waals surface area contributed by atoms with Crippen LogP contribution < -0.4 is 5.32 Å². The number of nitrogens with zero attached hydrogens (tertiary/aromatic N) is 1. The number of anilines is 1. The van der Waals surface area contributed by atoms with Gasteiger partial charge in [-0.1, -0.05) is 6.07 Å². The number of carbonyl (C=O) groups is 1. The molecular formula is C15H12N2OS. The van der Waals surface area contributed by atoms with Gasteiger partial charge in [-0.3, -0.25) is 9.78 Å². The van der Waals surface area contributed by atoms with Crippen LogP contribution in [0.4, 0.5) is 5.69 Å². The molecule has 0 aliphatic rings. The number of carbonyl (C=O) groups excluding carboxylic acids is 1. The third-order valence-corrected chi connectivity index (χ3v) is 3.86. The van der Waals surface area contributed by atoms with Crippen molar-refractivity contribution in [2.45, 2.75) is 6.92 Å². The van der Waals surface area contributed by atoms with Crippen molar-refractivity contribution in [2.75, 3.05) is 5.32 Å². The number of thiophene rings is 1. The molecule has 2 heterocycles. The Balaban J connectivity index is 1.95. The molecule has 4 heteroatoms. The Kier molecular flexibility index (Phi) is 3.01. The van der Waals surface area contributed by atoms with Gasteiger partial charge in [0.05, 0.1) is 16.1 Å². The van der Waals surface area contributed by atoms with Gasteiger partial charge in [0, 0.05) is 16.5 Å². The molecule has 0 bridgehead atoms. The van der Waals surface area contributed by atoms with Crippen molar-refractivity contribution in [3.8, 4) is 0 Å². The molecule has 0 atom stereocenters. The molecule has 3 rings (SSSR count). The van der Waals surface area contributed by atoms with Crippen molar-refractivity contribution in [1.29, 1.82) is 0 Å². The highest BCUT2D eigenvalue weighted by Crippen LogP contribution is 2.23. The minimum absolute atomic E-state index is 0.0746. The molecule has 1 aromatic carbocycles. The van der Waals surface area contributed by atoms with Gasteiger partial charge >= 0.3 is 0 Å². The fourth-order valence-electron chi connectivity index (χ4n) is 1.95. The summed E-state index contributed by atoms with van der Waals surface area (Å²) >= 11 is 1.49. The maximum absolute atomic E-state index is 12.1. The number of aryl methyl sites for hydroxylation is 1. The summed E-state index contributed by atoms with van der Waals surface area (Å²) in [5.41, 5.74) is 1.67. The number of nitrogens with one attached hydrogen (secondary N) is 1. The lowest BCUT2D eigenvalue weighted by molar-refractivity contribution is 0.103. The zero-order valence-corrected chi connectivity index (χ0v) is 11.2. The van der Waals surface area contributed by atoms with Gasteiger partial charge in [0.1, 0.15) is 0 Å². The van der Waals surface area contributed by atoms with E-state index in [4.69, 9.17) is 0 Å². The van der Waals surface area contributed by atoms with Crippen molar-refractivity contribution in [3.63, 3.8) is 0 Å². The minimum atomic E-state index is -0.0746. The van der Waals surface area contributed by atoms with Crippen molar-refractivity contribution < 1.29 is 4.79 Å². The zero-order chi connectivity index (χ0) is 13.2. The Morgan fingerprint density at radius 3 is 2.84 bits per heavy atom. The van der Waals surface area contributed by atoms with Gasteiger partial charge in [-0.15, -0.1) is 11.3 Å². The SMILES string of the molecule is Cc1ccc(C(=O)Nc2cccc3ncccc23)s1. The molecule has 0 radical (unpaired) electrons. The zero-order valence-electron chi connectivity index (χ0n) is 10.4. The lowest BCUT2D eigenvalue weighted by atomic mass is 10.2. The average molecular weight is 268 g/mol. The first kappa shape index (κ1) is 11.9. The van der Waals surface area contributed by atoms with Gasteiger partial charge in [-0.05, 0) is 43.3 Å². The van der Waals surface area contributed by atoms with Crippen LogP contribution in [0.15, 0.2) is 48.7 Å². The normalized spacial score (nSPS) is 10.6. The highest BCUT2D eigenvalue weighted by atomic mass is 32.1. The maximum atomic E-state index is 12.1. The van der Waals surface area contributed by atoms with Crippen LogP contribution in [0.1, 0.15) is 14.5 Å². The summed E-state index contributed by atoms with van der Waals surface area (Å²) in [5, 5.41) is 3.90. The maximum Gasteiger partial charge on any atom is 0.265 e. The van der Waals surface area contributed by atoms with Crippen molar-refractivity contribution in [2.24, 2.45) is 0 Å². The molecule has 0 saturated carbocycles. The molecule has 0 spiro atoms. The number of aromatic nitrogens is 1.